The lowest BCUT2D eigenvalue weighted by Crippen LogP contribution is -2.33. The van der Waals surface area contributed by atoms with Crippen molar-refractivity contribution in [3.05, 3.63) is 0 Å². The van der Waals surface area contributed by atoms with Gasteiger partial charge in [0.2, 0.25) is 0 Å². The molecule has 0 saturated carbocycles. The minimum Gasteiger partial charge on any atom is -0.366 e. The van der Waals surface area contributed by atoms with Crippen LogP contribution < -0.4 is 0 Å². The molecule has 2 N–H and O–H groups in total. The van der Waals surface area contributed by atoms with E-state index in [-0.39, 0.29) is 6.61 Å². The van der Waals surface area contributed by atoms with Crippen LogP contribution in [-0.4, -0.2) is 35.0 Å². The van der Waals surface area contributed by atoms with Crippen molar-refractivity contribution in [2.75, 3.05) is 6.61 Å². The van der Waals surface area contributed by atoms with E-state index in [1.54, 1.807) is 0 Å². The highest BCUT2D eigenvalue weighted by Gasteiger charge is 2.40. The Hall–Kier alpha value is -0.160. The lowest BCUT2D eigenvalue weighted by molar-refractivity contribution is -0.204. The molecule has 1 aliphatic rings. The van der Waals surface area contributed by atoms with Crippen LogP contribution in [0, 0.1) is 0 Å². The number of ether oxygens (including phenoxy) is 2. The van der Waals surface area contributed by atoms with Crippen molar-refractivity contribution in [2.24, 2.45) is 0 Å². The maximum absolute atomic E-state index is 8.83. The molecular formula is C8H16O4. The predicted molar refractivity (Wildman–Crippen MR) is 42.4 cm³/mol. The Morgan fingerprint density at radius 2 is 2.00 bits per heavy atom. The first kappa shape index (κ1) is 9.92. The molecule has 0 aromatic carbocycles. The van der Waals surface area contributed by atoms with E-state index in [0.717, 1.165) is 12.8 Å². The van der Waals surface area contributed by atoms with Gasteiger partial charge in [-0.15, -0.1) is 0 Å². The van der Waals surface area contributed by atoms with Gasteiger partial charge in [0, 0.05) is 0 Å². The molecule has 0 aliphatic carbocycles. The van der Waals surface area contributed by atoms with Gasteiger partial charge in [-0.05, 0) is 12.8 Å². The summed E-state index contributed by atoms with van der Waals surface area (Å²) in [5.74, 6) is -0.589. The summed E-state index contributed by atoms with van der Waals surface area (Å²) in [5, 5.41) is 17.7. The Labute approximate surface area is 72.1 Å². The predicted octanol–water partition coefficient (Wildman–Crippen LogP) is 0.229. The van der Waals surface area contributed by atoms with Crippen molar-refractivity contribution in [2.45, 2.75) is 44.9 Å². The third-order valence-electron chi connectivity index (χ3n) is 2.29. The van der Waals surface area contributed by atoms with Gasteiger partial charge in [0.15, 0.2) is 12.1 Å². The molecule has 0 aromatic heterocycles. The topological polar surface area (TPSA) is 58.9 Å². The van der Waals surface area contributed by atoms with Crippen LogP contribution in [0.4, 0.5) is 0 Å². The summed E-state index contributed by atoms with van der Waals surface area (Å²) in [6.45, 7) is 4.17. The molecule has 0 aromatic rings. The lowest BCUT2D eigenvalue weighted by Gasteiger charge is -2.25. The number of aliphatic hydroxyl groups excluding tert-OH is 1. The summed E-state index contributed by atoms with van der Waals surface area (Å²) < 4.78 is 10.8. The first-order valence-electron chi connectivity index (χ1n) is 4.31. The van der Waals surface area contributed by atoms with Crippen LogP contribution in [0.15, 0.2) is 0 Å². The highest BCUT2D eigenvalue weighted by molar-refractivity contribution is 4.77. The average molecular weight is 176 g/mol. The minimum atomic E-state index is -1.44. The molecule has 0 spiro atoms. The molecule has 4 nitrogen and oxygen atoms in total. The Bertz CT molecular complexity index is 142. The van der Waals surface area contributed by atoms with Crippen LogP contribution >= 0.6 is 0 Å². The van der Waals surface area contributed by atoms with Crippen LogP contribution in [0.1, 0.15) is 26.7 Å². The van der Waals surface area contributed by atoms with Crippen LogP contribution in [0.2, 0.25) is 0 Å². The summed E-state index contributed by atoms with van der Waals surface area (Å²) in [4.78, 5) is 0. The highest BCUT2D eigenvalue weighted by Crippen LogP contribution is 2.30. The molecule has 1 atom stereocenters. The van der Waals surface area contributed by atoms with E-state index in [0.29, 0.717) is 0 Å². The average Bonchev–Trinajstić information content (AvgIpc) is 2.49. The second-order valence-electron chi connectivity index (χ2n) is 3.00. The minimum absolute atomic E-state index is 0.263. The monoisotopic (exact) mass is 176 g/mol. The van der Waals surface area contributed by atoms with E-state index in [1.807, 2.05) is 13.8 Å². The molecule has 1 rings (SSSR count). The zero-order valence-corrected chi connectivity index (χ0v) is 7.49. The fourth-order valence-corrected chi connectivity index (χ4v) is 1.35. The van der Waals surface area contributed by atoms with E-state index in [2.05, 4.69) is 0 Å². The van der Waals surface area contributed by atoms with Gasteiger partial charge in [-0.2, -0.15) is 0 Å². The summed E-state index contributed by atoms with van der Waals surface area (Å²) in [6, 6.07) is 0. The SMILES string of the molecule is CCC1(CC)OCC(C(O)O)O1. The first-order valence-corrected chi connectivity index (χ1v) is 4.31. The van der Waals surface area contributed by atoms with Gasteiger partial charge in [-0.25, -0.2) is 0 Å². The number of hydrogen-bond donors (Lipinski definition) is 2. The van der Waals surface area contributed by atoms with Crippen molar-refractivity contribution >= 4 is 0 Å². The van der Waals surface area contributed by atoms with Gasteiger partial charge in [0.25, 0.3) is 0 Å². The quantitative estimate of drug-likeness (QED) is 0.604. The fraction of sp³-hybridized carbons (Fsp3) is 1.00. The van der Waals surface area contributed by atoms with Crippen LogP contribution in [0.25, 0.3) is 0 Å². The molecule has 0 bridgehead atoms. The molecule has 72 valence electrons. The first-order chi connectivity index (χ1) is 5.63. The van der Waals surface area contributed by atoms with Gasteiger partial charge in [0.1, 0.15) is 6.10 Å². The van der Waals surface area contributed by atoms with Crippen molar-refractivity contribution in [1.29, 1.82) is 0 Å². The second kappa shape index (κ2) is 3.70. The van der Waals surface area contributed by atoms with Crippen molar-refractivity contribution in [3.63, 3.8) is 0 Å². The number of rotatable bonds is 3. The fourth-order valence-electron chi connectivity index (χ4n) is 1.35. The van der Waals surface area contributed by atoms with E-state index < -0.39 is 18.2 Å². The van der Waals surface area contributed by atoms with Gasteiger partial charge in [-0.3, -0.25) is 0 Å². The van der Waals surface area contributed by atoms with Crippen molar-refractivity contribution in [1.82, 2.24) is 0 Å². The van der Waals surface area contributed by atoms with Gasteiger partial charge >= 0.3 is 0 Å². The summed E-state index contributed by atoms with van der Waals surface area (Å²) in [5.41, 5.74) is 0. The normalized spacial score (nSPS) is 28.2. The maximum Gasteiger partial charge on any atom is 0.180 e. The summed E-state index contributed by atoms with van der Waals surface area (Å²) >= 11 is 0. The van der Waals surface area contributed by atoms with Crippen LogP contribution in [0.3, 0.4) is 0 Å². The second-order valence-corrected chi connectivity index (χ2v) is 3.00. The summed E-state index contributed by atoms with van der Waals surface area (Å²) in [7, 11) is 0. The molecule has 1 fully saturated rings. The van der Waals surface area contributed by atoms with E-state index in [4.69, 9.17) is 19.7 Å². The summed E-state index contributed by atoms with van der Waals surface area (Å²) in [6.07, 6.45) is -0.575. The van der Waals surface area contributed by atoms with E-state index in [9.17, 15) is 0 Å². The van der Waals surface area contributed by atoms with Gasteiger partial charge in [-0.1, -0.05) is 13.8 Å². The highest BCUT2D eigenvalue weighted by atomic mass is 16.8. The third kappa shape index (κ3) is 1.77. The molecule has 12 heavy (non-hydrogen) atoms. The standard InChI is InChI=1S/C8H16O4/c1-3-8(4-2)11-5-6(12-8)7(9)10/h6-7,9-10H,3-5H2,1-2H3. The molecule has 1 heterocycles. The Morgan fingerprint density at radius 1 is 1.42 bits per heavy atom. The van der Waals surface area contributed by atoms with Crippen molar-refractivity contribution < 1.29 is 19.7 Å². The molecule has 0 radical (unpaired) electrons. The smallest absolute Gasteiger partial charge is 0.180 e. The zero-order valence-electron chi connectivity index (χ0n) is 7.49. The van der Waals surface area contributed by atoms with Crippen LogP contribution in [0.5, 0.6) is 0 Å². The number of aliphatic hydroxyl groups is 2. The third-order valence-corrected chi connectivity index (χ3v) is 2.29. The van der Waals surface area contributed by atoms with Crippen LogP contribution in [-0.2, 0) is 9.47 Å². The van der Waals surface area contributed by atoms with E-state index in [1.165, 1.54) is 0 Å². The maximum atomic E-state index is 8.83. The zero-order chi connectivity index (χ0) is 9.19. The molecular weight excluding hydrogens is 160 g/mol. The lowest BCUT2D eigenvalue weighted by atomic mass is 10.1. The van der Waals surface area contributed by atoms with Crippen molar-refractivity contribution in [3.8, 4) is 0 Å². The molecule has 0 amide bonds. The van der Waals surface area contributed by atoms with E-state index >= 15 is 0 Å². The Kier molecular flexibility index (Phi) is 3.06. The molecule has 1 saturated heterocycles. The van der Waals surface area contributed by atoms with Gasteiger partial charge < -0.3 is 19.7 Å². The number of hydrogen-bond acceptors (Lipinski definition) is 4. The van der Waals surface area contributed by atoms with Gasteiger partial charge in [0.05, 0.1) is 6.61 Å². The molecule has 1 aliphatic heterocycles. The molecule has 1 unspecified atom stereocenters. The largest absolute Gasteiger partial charge is 0.366 e. The molecule has 4 heteroatoms. The Morgan fingerprint density at radius 3 is 2.25 bits per heavy atom. The Balaban J connectivity index is 2.52.